The predicted molar refractivity (Wildman–Crippen MR) is 567 cm³/mol. The highest BCUT2D eigenvalue weighted by atomic mass is 16.3. The Bertz CT molecular complexity index is 6850. The van der Waals surface area contributed by atoms with Gasteiger partial charge >= 0.3 is 0 Å². The second kappa shape index (κ2) is 45.9. The van der Waals surface area contributed by atoms with Crippen LogP contribution >= 0.6 is 0 Å². The van der Waals surface area contributed by atoms with Crippen molar-refractivity contribution in [2.75, 3.05) is 0 Å². The van der Waals surface area contributed by atoms with E-state index in [4.69, 9.17) is 0 Å². The highest BCUT2D eigenvalue weighted by Crippen LogP contribution is 2.44. The van der Waals surface area contributed by atoms with Crippen LogP contribution in [0, 0.1) is 90.0 Å². The fourth-order valence-corrected chi connectivity index (χ4v) is 18.5. The van der Waals surface area contributed by atoms with Crippen LogP contribution in [0.4, 0.5) is 0 Å². The molecule has 0 bridgehead atoms. The maximum atomic E-state index is 10.8. The number of phenols is 19. The van der Waals surface area contributed by atoms with Gasteiger partial charge < -0.3 is 97.0 Å². The molecule has 0 radical (unpaired) electrons. The molecule has 19 heteroatoms. The third-order valence-electron chi connectivity index (χ3n) is 26.2. The lowest BCUT2D eigenvalue weighted by molar-refractivity contribution is 0.435. The van der Waals surface area contributed by atoms with Crippen molar-refractivity contribution in [2.45, 2.75) is 153 Å². The number of rotatable bonds is 22. The Morgan fingerprint density at radius 1 is 0.146 bits per heavy atom. The molecule has 17 rings (SSSR count). The topological polar surface area (TPSA) is 384 Å². The minimum atomic E-state index is -0.0824. The molecule has 0 aliphatic heterocycles. The Balaban J connectivity index is 0.000000152. The van der Waals surface area contributed by atoms with E-state index < -0.39 is 0 Å². The van der Waals surface area contributed by atoms with E-state index >= 15 is 0 Å². The zero-order valence-corrected chi connectivity index (χ0v) is 83.0. The Morgan fingerprint density at radius 2 is 0.333 bits per heavy atom. The largest absolute Gasteiger partial charge is 0.508 e. The fourth-order valence-electron chi connectivity index (χ4n) is 18.5. The molecule has 0 amide bonds. The van der Waals surface area contributed by atoms with Gasteiger partial charge in [-0.1, -0.05) is 199 Å². The van der Waals surface area contributed by atoms with Gasteiger partial charge in [0.2, 0.25) is 0 Å². The number of hydrogen-bond donors (Lipinski definition) is 19. The molecule has 17 aromatic carbocycles. The Morgan fingerprint density at radius 3 is 0.576 bits per heavy atom. The lowest BCUT2D eigenvalue weighted by Crippen LogP contribution is -2.06. The quantitative estimate of drug-likeness (QED) is 0.0280. The highest BCUT2D eigenvalue weighted by molar-refractivity contribution is 5.61. The van der Waals surface area contributed by atoms with E-state index in [9.17, 15) is 97.0 Å². The number of benzene rings is 17. The standard InChI is InChI=1S/C32H26O4.C25H28O4.C24H26O4.C23H24O3.C21H20O4/c33-27-13-5-23(6-14-27)31(24-7-15-28(34)16-8-24)21-1-2-22(4-3-21)32(25-9-17-29(35)18-10-25)26-11-19-30(36)20-12-26;1-13-6-18(7-14(2)22(13)26)10-20-12-21(25(29)17(5)24(20)28)11-19-8-15(3)23(27)16(4)9-19;1-13-5-17(6-14(2)23(13)27)9-19-11-20(22(26)12-21(19)25)10-18-7-15(3)24(28)16(4)8-18;1-14-4-6-21(24)17(8-14)12-19-10-16(3)11-20(23(19)26)13-18-9-15(2)5-7-22(18)25;1-13-20(24)16(10-14-2-6-18(22)7-3-14)12-17(21(13)25)11-15-4-8-19(23)9-5-15/h1-20,31-36H;6-9,12,26-29H,10-11H2,1-5H3;5-8,11-12,25-28H,9-10H2,1-4H3;4-11,24-26H,12-13H2,1-3H3;2-9,12,22-25H,10-11H2,1H3. The van der Waals surface area contributed by atoms with Crippen molar-refractivity contribution in [1.82, 2.24) is 0 Å². The minimum Gasteiger partial charge on any atom is -0.508 e. The Labute approximate surface area is 840 Å². The van der Waals surface area contributed by atoms with Crippen molar-refractivity contribution in [2.24, 2.45) is 0 Å². The second-order valence-corrected chi connectivity index (χ2v) is 37.8. The molecule has 0 spiro atoms. The van der Waals surface area contributed by atoms with Crippen LogP contribution in [0.2, 0.25) is 0 Å². The fraction of sp³-hybridized carbons (Fsp3) is 0.184. The molecule has 0 saturated carbocycles. The second-order valence-electron chi connectivity index (χ2n) is 37.8. The van der Waals surface area contributed by atoms with Crippen LogP contribution in [0.25, 0.3) is 0 Å². The molecule has 0 aromatic heterocycles. The average Bonchev–Trinajstić information content (AvgIpc) is 0.762. The summed E-state index contributed by atoms with van der Waals surface area (Å²) in [6, 6.07) is 87.8. The maximum absolute atomic E-state index is 10.8. The van der Waals surface area contributed by atoms with Crippen LogP contribution in [0.3, 0.4) is 0 Å². The van der Waals surface area contributed by atoms with E-state index in [0.717, 1.165) is 172 Å². The van der Waals surface area contributed by atoms with Gasteiger partial charge in [-0.2, -0.15) is 0 Å². The molecular formula is C125H124O19. The average molecular weight is 1930 g/mol. The van der Waals surface area contributed by atoms with Gasteiger partial charge in [0.25, 0.3) is 0 Å². The van der Waals surface area contributed by atoms with Crippen LogP contribution in [0.1, 0.15) is 207 Å². The maximum Gasteiger partial charge on any atom is 0.125 e. The third kappa shape index (κ3) is 26.1. The monoisotopic (exact) mass is 1930 g/mol. The zero-order valence-electron chi connectivity index (χ0n) is 83.0. The lowest BCUT2D eigenvalue weighted by Gasteiger charge is -2.22. The van der Waals surface area contributed by atoms with Gasteiger partial charge in [0.15, 0.2) is 0 Å². The van der Waals surface area contributed by atoms with E-state index in [1.165, 1.54) is 6.07 Å². The predicted octanol–water partition coefficient (Wildman–Crippen LogP) is 25.9. The van der Waals surface area contributed by atoms with Crippen molar-refractivity contribution < 1.29 is 97.0 Å². The molecule has 0 atom stereocenters. The van der Waals surface area contributed by atoms with Gasteiger partial charge in [0.05, 0.1) is 0 Å². The van der Waals surface area contributed by atoms with Crippen molar-refractivity contribution in [3.63, 3.8) is 0 Å². The van der Waals surface area contributed by atoms with Crippen molar-refractivity contribution in [3.05, 3.63) is 486 Å². The van der Waals surface area contributed by atoms with E-state index in [1.807, 2.05) is 222 Å². The van der Waals surface area contributed by atoms with E-state index in [2.05, 4.69) is 24.3 Å². The minimum absolute atomic E-state index is 0.0442. The van der Waals surface area contributed by atoms with Crippen molar-refractivity contribution >= 4 is 0 Å². The van der Waals surface area contributed by atoms with E-state index in [-0.39, 0.29) is 110 Å². The van der Waals surface area contributed by atoms with Crippen LogP contribution in [0.15, 0.2) is 291 Å². The van der Waals surface area contributed by atoms with Crippen LogP contribution < -0.4 is 0 Å². The zero-order chi connectivity index (χ0) is 104. The number of aromatic hydroxyl groups is 19. The summed E-state index contributed by atoms with van der Waals surface area (Å²) in [6.07, 6.45) is 3.88. The first-order chi connectivity index (χ1) is 68.5. The third-order valence-corrected chi connectivity index (χ3v) is 26.2. The Hall–Kier alpha value is -17.1. The SMILES string of the molecule is Cc1c(O)c(Cc2ccc(O)cc2)cc(Cc2ccc(O)cc2)c1O.Cc1cc(Cc2cc(Cc3cc(C)c(O)c(C)c3)c(O)c(C)c2O)cc(C)c1O.Cc1cc(Cc2cc(Cc3cc(C)c(O)c(C)c3)c(O)cc2O)cc(C)c1O.Cc1ccc(O)c(Cc2cc(C)cc(Cc3cc(C)ccc3O)c2O)c1.Oc1ccc(C(c2ccc(O)cc2)c2ccc(C(c3ccc(O)cc3)c3ccc(O)cc3)cc2)cc1. The van der Waals surface area contributed by atoms with E-state index in [1.54, 1.807) is 129 Å². The molecule has 0 aliphatic carbocycles. The van der Waals surface area contributed by atoms with Crippen LogP contribution in [-0.2, 0) is 51.4 Å². The van der Waals surface area contributed by atoms with Crippen molar-refractivity contribution in [1.29, 1.82) is 0 Å². The van der Waals surface area contributed by atoms with Gasteiger partial charge in [-0.05, 0) is 360 Å². The number of hydrogen-bond acceptors (Lipinski definition) is 19. The summed E-state index contributed by atoms with van der Waals surface area (Å²) in [5.74, 6) is 3.36. The van der Waals surface area contributed by atoms with Gasteiger partial charge in [0.1, 0.15) is 109 Å². The summed E-state index contributed by atoms with van der Waals surface area (Å²) in [7, 11) is 0. The molecule has 144 heavy (non-hydrogen) atoms. The van der Waals surface area contributed by atoms with E-state index in [0.29, 0.717) is 85.1 Å². The summed E-state index contributed by atoms with van der Waals surface area (Å²) < 4.78 is 0. The summed E-state index contributed by atoms with van der Waals surface area (Å²) in [6.45, 7) is 24.2. The van der Waals surface area contributed by atoms with Crippen LogP contribution in [-0.4, -0.2) is 97.0 Å². The van der Waals surface area contributed by atoms with Gasteiger partial charge in [-0.3, -0.25) is 0 Å². The molecule has 0 heterocycles. The first-order valence-electron chi connectivity index (χ1n) is 47.4. The number of phenolic OH excluding ortho intramolecular Hbond substituents is 19. The summed E-state index contributed by atoms with van der Waals surface area (Å²) in [4.78, 5) is 0. The summed E-state index contributed by atoms with van der Waals surface area (Å²) in [5, 5.41) is 192. The lowest BCUT2D eigenvalue weighted by atomic mass is 9.81. The van der Waals surface area contributed by atoms with Gasteiger partial charge in [0, 0.05) is 80.4 Å². The van der Waals surface area contributed by atoms with Crippen molar-refractivity contribution in [3.8, 4) is 109 Å². The molecule has 0 fully saturated rings. The smallest absolute Gasteiger partial charge is 0.125 e. The molecule has 0 unspecified atom stereocenters. The van der Waals surface area contributed by atoms with Gasteiger partial charge in [-0.15, -0.1) is 0 Å². The first kappa shape index (κ1) is 104. The molecule has 0 aliphatic rings. The summed E-state index contributed by atoms with van der Waals surface area (Å²) in [5.41, 5.74) is 30.0. The Kier molecular flexibility index (Phi) is 33.2. The first-order valence-corrected chi connectivity index (χ1v) is 47.4. The molecule has 19 nitrogen and oxygen atoms in total. The molecular weight excluding hydrogens is 1810 g/mol. The molecule has 17 aromatic rings. The molecule has 738 valence electrons. The van der Waals surface area contributed by atoms with Gasteiger partial charge in [-0.25, -0.2) is 0 Å². The normalized spacial score (nSPS) is 11.0. The van der Waals surface area contributed by atoms with Crippen LogP contribution in [0.5, 0.6) is 109 Å². The number of aryl methyl sites for hydroxylation is 11. The molecule has 0 saturated heterocycles. The highest BCUT2D eigenvalue weighted by Gasteiger charge is 2.25. The summed E-state index contributed by atoms with van der Waals surface area (Å²) >= 11 is 0. The molecule has 19 N–H and O–H groups in total.